The van der Waals surface area contributed by atoms with Gasteiger partial charge in [0.25, 0.3) is 0 Å². The quantitative estimate of drug-likeness (QED) is 0.565. The van der Waals surface area contributed by atoms with Crippen molar-refractivity contribution in [3.8, 4) is 0 Å². The second kappa shape index (κ2) is 12.6. The van der Waals surface area contributed by atoms with Crippen molar-refractivity contribution < 1.29 is 13.3 Å². The molecule has 136 valence electrons. The minimum Gasteiger partial charge on any atom is -0.416 e. The third kappa shape index (κ3) is 15.1. The van der Waals surface area contributed by atoms with Crippen LogP contribution in [0.4, 0.5) is 0 Å². The normalized spacial score (nSPS) is 12.5. The molecule has 0 aliphatic heterocycles. The van der Waals surface area contributed by atoms with Crippen molar-refractivity contribution in [1.29, 1.82) is 0 Å². The lowest BCUT2D eigenvalue weighted by atomic mass is 10.9. The van der Waals surface area contributed by atoms with E-state index in [1.54, 1.807) is 0 Å². The number of hydrogen-bond acceptors (Lipinski definition) is 5. The molecule has 0 saturated carbocycles. The Bertz CT molecular complexity index is 259. The van der Waals surface area contributed by atoms with Crippen molar-refractivity contribution in [3.05, 3.63) is 0 Å². The molecular weight excluding hydrogens is 312 g/mol. The zero-order chi connectivity index (χ0) is 17.8. The van der Waals surface area contributed by atoms with Gasteiger partial charge in [0.15, 0.2) is 8.32 Å². The average molecular weight is 353 g/mol. The van der Waals surface area contributed by atoms with E-state index in [9.17, 15) is 0 Å². The van der Waals surface area contributed by atoms with Gasteiger partial charge in [-0.25, -0.2) is 0 Å². The Hall–Kier alpha value is 0.234. The van der Waals surface area contributed by atoms with Gasteiger partial charge in [-0.15, -0.1) is 0 Å². The molecule has 0 bridgehead atoms. The first-order chi connectivity index (χ1) is 10.0. The molecule has 0 aliphatic carbocycles. The molecule has 22 heavy (non-hydrogen) atoms. The molecule has 0 radical (unpaired) electrons. The van der Waals surface area contributed by atoms with Crippen LogP contribution in [0.3, 0.4) is 0 Å². The van der Waals surface area contributed by atoms with Gasteiger partial charge in [-0.3, -0.25) is 0 Å². The van der Waals surface area contributed by atoms with Gasteiger partial charge in [0.2, 0.25) is 0 Å². The van der Waals surface area contributed by atoms with Crippen molar-refractivity contribution in [1.82, 2.24) is 9.80 Å². The molecule has 0 aromatic rings. The Balaban J connectivity index is 0. The topological polar surface area (TPSA) is 34.2 Å². The van der Waals surface area contributed by atoms with E-state index in [1.807, 2.05) is 27.9 Å². The van der Waals surface area contributed by atoms with Crippen LogP contribution < -0.4 is 0 Å². The van der Waals surface area contributed by atoms with Crippen LogP contribution in [0.5, 0.6) is 0 Å². The molecule has 0 atom stereocenters. The number of rotatable bonds is 10. The predicted octanol–water partition coefficient (Wildman–Crippen LogP) is 2.56. The van der Waals surface area contributed by atoms with Crippen LogP contribution in [0.15, 0.2) is 0 Å². The summed E-state index contributed by atoms with van der Waals surface area (Å²) in [6, 6.07) is 0. The Kier molecular flexibility index (Phi) is 14.1. The molecule has 0 unspecified atom stereocenters. The first-order valence-electron chi connectivity index (χ1n) is 8.23. The minimum absolute atomic E-state index is 0.747. The maximum atomic E-state index is 5.66. The lowest BCUT2D eigenvalue weighted by Gasteiger charge is -2.28. The second-order valence-electron chi connectivity index (χ2n) is 6.67. The standard InChI is InChI=1S/C8H21NO2Si.C7H19NOSi/c1-6-10-12(5,11-7-2)8-9(3)4;1-6-9-10(4,5)7-8(2)3/h6-8H2,1-5H3;6-7H2,1-5H3. The lowest BCUT2D eigenvalue weighted by Crippen LogP contribution is -2.48. The molecule has 0 N–H and O–H groups in total. The van der Waals surface area contributed by atoms with Gasteiger partial charge in [0.05, 0.1) is 0 Å². The summed E-state index contributed by atoms with van der Waals surface area (Å²) in [7, 11) is 5.04. The van der Waals surface area contributed by atoms with E-state index in [4.69, 9.17) is 13.3 Å². The zero-order valence-corrected chi connectivity index (χ0v) is 18.7. The van der Waals surface area contributed by atoms with E-state index >= 15 is 0 Å². The summed E-state index contributed by atoms with van der Waals surface area (Å²) >= 11 is 0. The average Bonchev–Trinajstić information content (AvgIpc) is 2.26. The molecule has 0 aromatic heterocycles. The van der Waals surface area contributed by atoms with Crippen LogP contribution >= 0.6 is 0 Å². The largest absolute Gasteiger partial charge is 0.416 e. The molecule has 0 rings (SSSR count). The molecular formula is C15H40N2O3Si2. The predicted molar refractivity (Wildman–Crippen MR) is 101 cm³/mol. The van der Waals surface area contributed by atoms with Gasteiger partial charge in [0.1, 0.15) is 0 Å². The van der Waals surface area contributed by atoms with Crippen molar-refractivity contribution >= 4 is 16.9 Å². The highest BCUT2D eigenvalue weighted by atomic mass is 28.4. The Morgan fingerprint density at radius 3 is 1.27 bits per heavy atom. The monoisotopic (exact) mass is 352 g/mol. The summed E-state index contributed by atoms with van der Waals surface area (Å²) in [6.45, 7) is 15.0. The highest BCUT2D eigenvalue weighted by Crippen LogP contribution is 2.07. The van der Waals surface area contributed by atoms with Crippen LogP contribution in [0.25, 0.3) is 0 Å². The van der Waals surface area contributed by atoms with Crippen molar-refractivity contribution in [3.63, 3.8) is 0 Å². The first-order valence-corrected chi connectivity index (χ1v) is 13.9. The fourth-order valence-corrected chi connectivity index (χ4v) is 7.55. The van der Waals surface area contributed by atoms with Gasteiger partial charge in [-0.2, -0.15) is 0 Å². The molecule has 0 saturated heterocycles. The van der Waals surface area contributed by atoms with Gasteiger partial charge in [-0.1, -0.05) is 0 Å². The van der Waals surface area contributed by atoms with E-state index in [0.29, 0.717) is 0 Å². The molecule has 0 spiro atoms. The number of nitrogens with zero attached hydrogens (tertiary/aromatic N) is 2. The second-order valence-corrected chi connectivity index (χ2v) is 14.0. The van der Waals surface area contributed by atoms with Gasteiger partial charge >= 0.3 is 8.56 Å². The van der Waals surface area contributed by atoms with Crippen LogP contribution in [0.2, 0.25) is 19.6 Å². The lowest BCUT2D eigenvalue weighted by molar-refractivity contribution is 0.176. The first kappa shape index (κ1) is 24.5. The van der Waals surface area contributed by atoms with E-state index in [1.165, 1.54) is 0 Å². The summed E-state index contributed by atoms with van der Waals surface area (Å²) in [5.41, 5.74) is 0. The summed E-state index contributed by atoms with van der Waals surface area (Å²) in [4.78, 5) is 4.32. The number of hydrogen-bond donors (Lipinski definition) is 0. The van der Waals surface area contributed by atoms with Crippen molar-refractivity contribution in [2.75, 3.05) is 60.3 Å². The van der Waals surface area contributed by atoms with E-state index in [2.05, 4.69) is 50.5 Å². The van der Waals surface area contributed by atoms with E-state index < -0.39 is 16.9 Å². The third-order valence-electron chi connectivity index (χ3n) is 2.73. The summed E-state index contributed by atoms with van der Waals surface area (Å²) in [5.74, 6) is 0. The van der Waals surface area contributed by atoms with Crippen molar-refractivity contribution in [2.24, 2.45) is 0 Å². The molecule has 7 heteroatoms. The zero-order valence-electron chi connectivity index (χ0n) is 16.7. The fourth-order valence-electron chi connectivity index (χ4n) is 2.52. The summed E-state index contributed by atoms with van der Waals surface area (Å²) in [5, 5.41) is 0. The van der Waals surface area contributed by atoms with Crippen molar-refractivity contribution in [2.45, 2.75) is 40.4 Å². The molecule has 0 fully saturated rings. The van der Waals surface area contributed by atoms with Crippen LogP contribution in [-0.2, 0) is 13.3 Å². The van der Waals surface area contributed by atoms with Gasteiger partial charge in [-0.05, 0) is 68.6 Å². The molecule has 0 amide bonds. The minimum atomic E-state index is -1.89. The Morgan fingerprint density at radius 1 is 0.636 bits per heavy atom. The smallest absolute Gasteiger partial charge is 0.349 e. The Morgan fingerprint density at radius 2 is 1.00 bits per heavy atom. The summed E-state index contributed by atoms with van der Waals surface area (Å²) in [6.07, 6.45) is 2.04. The maximum Gasteiger partial charge on any atom is 0.349 e. The van der Waals surface area contributed by atoms with E-state index in [-0.39, 0.29) is 0 Å². The third-order valence-corrected chi connectivity index (χ3v) is 8.20. The molecule has 0 aliphatic rings. The fraction of sp³-hybridized carbons (Fsp3) is 1.00. The highest BCUT2D eigenvalue weighted by molar-refractivity contribution is 6.71. The molecule has 5 nitrogen and oxygen atoms in total. The Labute approximate surface area is 141 Å². The molecule has 0 heterocycles. The van der Waals surface area contributed by atoms with Crippen LogP contribution in [0, 0.1) is 0 Å². The highest BCUT2D eigenvalue weighted by Gasteiger charge is 2.31. The summed E-state index contributed by atoms with van der Waals surface area (Å²) < 4.78 is 16.9. The van der Waals surface area contributed by atoms with Gasteiger partial charge in [0, 0.05) is 32.2 Å². The van der Waals surface area contributed by atoms with Crippen LogP contribution in [0.1, 0.15) is 20.8 Å². The molecule has 0 aromatic carbocycles. The SMILES string of the molecule is CCO[Si](C)(C)CN(C)C.CCO[Si](C)(CN(C)C)OCC. The van der Waals surface area contributed by atoms with Gasteiger partial charge < -0.3 is 23.1 Å². The maximum absolute atomic E-state index is 5.66. The van der Waals surface area contributed by atoms with Crippen LogP contribution in [-0.4, -0.2) is 87.0 Å². The van der Waals surface area contributed by atoms with E-state index in [0.717, 1.165) is 32.2 Å².